The van der Waals surface area contributed by atoms with Crippen molar-refractivity contribution in [3.05, 3.63) is 28.5 Å². The Bertz CT molecular complexity index is 529. The van der Waals surface area contributed by atoms with Gasteiger partial charge < -0.3 is 4.74 Å². The highest BCUT2D eigenvalue weighted by Gasteiger charge is 2.26. The molecule has 3 unspecified atom stereocenters. The predicted octanol–water partition coefficient (Wildman–Crippen LogP) is 7.22. The average Bonchev–Trinajstić information content (AvgIpc) is 2.81. The molecule has 2 rings (SSSR count). The van der Waals surface area contributed by atoms with Crippen LogP contribution in [0.1, 0.15) is 77.2 Å². The summed E-state index contributed by atoms with van der Waals surface area (Å²) in [7, 11) is 1.52. The quantitative estimate of drug-likeness (QED) is 0.490. The maximum atomic E-state index is 14.6. The minimum absolute atomic E-state index is 0.126. The summed E-state index contributed by atoms with van der Waals surface area (Å²) in [5.74, 6) is 2.76. The van der Waals surface area contributed by atoms with Crippen LogP contribution in [-0.4, -0.2) is 7.11 Å². The van der Waals surface area contributed by atoms with Gasteiger partial charge in [-0.2, -0.15) is 0 Å². The molecular weight excluding hydrogens is 323 g/mol. The van der Waals surface area contributed by atoms with Crippen molar-refractivity contribution in [2.24, 2.45) is 17.8 Å². The molecule has 1 aromatic carbocycles. The standard InChI is InChI=1S/C21H32ClFO/c1-14(2)8-9-15(3)16-6-5-7-17(11-10-16)18-12-13-19(24-4)20(22)21(18)23/h12-17H,5-11H2,1-4H3. The van der Waals surface area contributed by atoms with Crippen molar-refractivity contribution in [1.82, 2.24) is 0 Å². The van der Waals surface area contributed by atoms with E-state index in [1.165, 1.54) is 39.2 Å². The second kappa shape index (κ2) is 9.08. The van der Waals surface area contributed by atoms with Crippen molar-refractivity contribution in [1.29, 1.82) is 0 Å². The molecule has 1 aromatic rings. The van der Waals surface area contributed by atoms with Crippen LogP contribution in [0.15, 0.2) is 12.1 Å². The van der Waals surface area contributed by atoms with Crippen LogP contribution in [0.3, 0.4) is 0 Å². The van der Waals surface area contributed by atoms with Crippen molar-refractivity contribution in [2.75, 3.05) is 7.11 Å². The molecule has 0 saturated heterocycles. The van der Waals surface area contributed by atoms with E-state index >= 15 is 0 Å². The SMILES string of the molecule is COc1ccc(C2CCCC(C(C)CCC(C)C)CC2)c(F)c1Cl. The Kier molecular flexibility index (Phi) is 7.40. The predicted molar refractivity (Wildman–Crippen MR) is 101 cm³/mol. The molecule has 1 nitrogen and oxygen atoms in total. The van der Waals surface area contributed by atoms with Crippen molar-refractivity contribution >= 4 is 11.6 Å². The minimum Gasteiger partial charge on any atom is -0.495 e. The smallest absolute Gasteiger partial charge is 0.149 e. The third-order valence-electron chi connectivity index (χ3n) is 5.75. The second-order valence-electron chi connectivity index (χ2n) is 7.90. The topological polar surface area (TPSA) is 9.23 Å². The fourth-order valence-corrected chi connectivity index (χ4v) is 4.31. The lowest BCUT2D eigenvalue weighted by Crippen LogP contribution is -2.12. The van der Waals surface area contributed by atoms with Crippen molar-refractivity contribution in [3.8, 4) is 5.75 Å². The largest absolute Gasteiger partial charge is 0.495 e. The van der Waals surface area contributed by atoms with Gasteiger partial charge in [0.2, 0.25) is 0 Å². The Morgan fingerprint density at radius 1 is 1.12 bits per heavy atom. The molecule has 0 spiro atoms. The molecule has 24 heavy (non-hydrogen) atoms. The summed E-state index contributed by atoms with van der Waals surface area (Å²) in [5, 5.41) is 0.126. The minimum atomic E-state index is -0.285. The Hall–Kier alpha value is -0.760. The number of hydrogen-bond acceptors (Lipinski definition) is 1. The molecule has 1 fully saturated rings. The average molecular weight is 355 g/mol. The first-order valence-electron chi connectivity index (χ1n) is 9.45. The molecule has 1 aliphatic rings. The third-order valence-corrected chi connectivity index (χ3v) is 6.11. The number of hydrogen-bond donors (Lipinski definition) is 0. The number of ether oxygens (including phenoxy) is 1. The molecule has 0 N–H and O–H groups in total. The van der Waals surface area contributed by atoms with Gasteiger partial charge in [-0.3, -0.25) is 0 Å². The van der Waals surface area contributed by atoms with E-state index in [0.29, 0.717) is 5.75 Å². The van der Waals surface area contributed by atoms with Crippen LogP contribution in [0.2, 0.25) is 5.02 Å². The molecule has 0 radical (unpaired) electrons. The molecule has 1 aliphatic carbocycles. The maximum absolute atomic E-state index is 14.6. The van der Waals surface area contributed by atoms with Crippen molar-refractivity contribution < 1.29 is 9.13 Å². The van der Waals surface area contributed by atoms with Gasteiger partial charge in [-0.05, 0) is 54.6 Å². The monoisotopic (exact) mass is 354 g/mol. The van der Waals surface area contributed by atoms with E-state index < -0.39 is 0 Å². The van der Waals surface area contributed by atoms with Gasteiger partial charge in [0.05, 0.1) is 7.11 Å². The fourth-order valence-electron chi connectivity index (χ4n) is 4.06. The van der Waals surface area contributed by atoms with E-state index in [1.807, 2.05) is 6.07 Å². The van der Waals surface area contributed by atoms with Gasteiger partial charge in [0, 0.05) is 0 Å². The molecule has 3 atom stereocenters. The maximum Gasteiger partial charge on any atom is 0.149 e. The molecule has 3 heteroatoms. The van der Waals surface area contributed by atoms with E-state index in [0.717, 1.165) is 36.2 Å². The Labute approximate surface area is 151 Å². The van der Waals surface area contributed by atoms with Crippen LogP contribution < -0.4 is 4.74 Å². The van der Waals surface area contributed by atoms with E-state index in [9.17, 15) is 4.39 Å². The first-order valence-corrected chi connectivity index (χ1v) is 9.83. The Morgan fingerprint density at radius 2 is 1.88 bits per heavy atom. The highest BCUT2D eigenvalue weighted by Crippen LogP contribution is 2.41. The van der Waals surface area contributed by atoms with Gasteiger partial charge in [-0.25, -0.2) is 4.39 Å². The van der Waals surface area contributed by atoms with E-state index in [4.69, 9.17) is 16.3 Å². The molecule has 0 heterocycles. The zero-order chi connectivity index (χ0) is 17.7. The van der Waals surface area contributed by atoms with Gasteiger partial charge >= 0.3 is 0 Å². The normalized spacial score (nSPS) is 23.1. The van der Waals surface area contributed by atoms with Crippen LogP contribution in [-0.2, 0) is 0 Å². The molecule has 1 saturated carbocycles. The number of methoxy groups -OCH3 is 1. The Morgan fingerprint density at radius 3 is 2.54 bits per heavy atom. The molecule has 0 aromatic heterocycles. The molecule has 0 bridgehead atoms. The van der Waals surface area contributed by atoms with Crippen molar-refractivity contribution in [3.63, 3.8) is 0 Å². The summed E-state index contributed by atoms with van der Waals surface area (Å²) >= 11 is 6.11. The summed E-state index contributed by atoms with van der Waals surface area (Å²) in [6.45, 7) is 7.00. The van der Waals surface area contributed by atoms with Crippen LogP contribution in [0.5, 0.6) is 5.75 Å². The summed E-state index contributed by atoms with van der Waals surface area (Å²) in [4.78, 5) is 0. The second-order valence-corrected chi connectivity index (χ2v) is 8.28. The molecule has 0 aliphatic heterocycles. The van der Waals surface area contributed by atoms with Gasteiger partial charge in [0.1, 0.15) is 16.6 Å². The summed E-state index contributed by atoms with van der Waals surface area (Å²) in [6, 6.07) is 3.67. The number of halogens is 2. The molecule has 136 valence electrons. The number of rotatable bonds is 6. The van der Waals surface area contributed by atoms with Gasteiger partial charge in [-0.1, -0.05) is 64.1 Å². The fraction of sp³-hybridized carbons (Fsp3) is 0.714. The summed E-state index contributed by atoms with van der Waals surface area (Å²) < 4.78 is 19.7. The van der Waals surface area contributed by atoms with Crippen molar-refractivity contribution in [2.45, 2.75) is 71.6 Å². The zero-order valence-electron chi connectivity index (χ0n) is 15.6. The lowest BCUT2D eigenvalue weighted by Gasteiger charge is -2.23. The van der Waals surface area contributed by atoms with E-state index in [-0.39, 0.29) is 16.8 Å². The Balaban J connectivity index is 2.02. The van der Waals surface area contributed by atoms with Gasteiger partial charge in [-0.15, -0.1) is 0 Å². The highest BCUT2D eigenvalue weighted by atomic mass is 35.5. The van der Waals surface area contributed by atoms with Gasteiger partial charge in [0.25, 0.3) is 0 Å². The van der Waals surface area contributed by atoms with Crippen LogP contribution in [0.4, 0.5) is 4.39 Å². The lowest BCUT2D eigenvalue weighted by molar-refractivity contribution is 0.285. The van der Waals surface area contributed by atoms with Crippen LogP contribution in [0.25, 0.3) is 0 Å². The molecular formula is C21H32ClFO. The summed E-state index contributed by atoms with van der Waals surface area (Å²) in [6.07, 6.45) is 8.42. The van der Waals surface area contributed by atoms with Gasteiger partial charge in [0.15, 0.2) is 0 Å². The number of benzene rings is 1. The van der Waals surface area contributed by atoms with E-state index in [1.54, 1.807) is 6.07 Å². The molecule has 0 amide bonds. The summed E-state index contributed by atoms with van der Waals surface area (Å²) in [5.41, 5.74) is 0.774. The first-order chi connectivity index (χ1) is 11.4. The third kappa shape index (κ3) is 4.88. The lowest BCUT2D eigenvalue weighted by atomic mass is 9.82. The zero-order valence-corrected chi connectivity index (χ0v) is 16.3. The van der Waals surface area contributed by atoms with Crippen LogP contribution >= 0.6 is 11.6 Å². The highest BCUT2D eigenvalue weighted by molar-refractivity contribution is 6.32. The van der Waals surface area contributed by atoms with Crippen LogP contribution in [0, 0.1) is 23.6 Å². The first kappa shape index (κ1) is 19.6. The van der Waals surface area contributed by atoms with E-state index in [2.05, 4.69) is 20.8 Å².